The smallest absolute Gasteiger partial charge is 0.262 e. The number of nitrogens with one attached hydrogen (secondary N) is 1. The lowest BCUT2D eigenvalue weighted by Gasteiger charge is -2.23. The quantitative estimate of drug-likeness (QED) is 0.924. The Bertz CT molecular complexity index is 745. The van der Waals surface area contributed by atoms with Crippen LogP contribution in [0.5, 0.6) is 0 Å². The summed E-state index contributed by atoms with van der Waals surface area (Å²) in [5.41, 5.74) is 0.789. The van der Waals surface area contributed by atoms with Gasteiger partial charge in [-0.25, -0.2) is 9.37 Å². The Kier molecular flexibility index (Phi) is 4.89. The van der Waals surface area contributed by atoms with Gasteiger partial charge in [0.05, 0.1) is 18.7 Å². The maximum atomic E-state index is 13.0. The highest BCUT2D eigenvalue weighted by Crippen LogP contribution is 2.34. The van der Waals surface area contributed by atoms with E-state index >= 15 is 0 Å². The van der Waals surface area contributed by atoms with Gasteiger partial charge < -0.3 is 10.2 Å². The van der Waals surface area contributed by atoms with E-state index in [9.17, 15) is 14.0 Å². The lowest BCUT2D eigenvalue weighted by Crippen LogP contribution is -2.31. The summed E-state index contributed by atoms with van der Waals surface area (Å²) < 4.78 is 13.0. The fourth-order valence-corrected chi connectivity index (χ4v) is 3.88. The molecule has 24 heavy (non-hydrogen) atoms. The molecule has 1 aromatic carbocycles. The number of likely N-dealkylation sites (tertiary alicyclic amines) is 1. The van der Waals surface area contributed by atoms with Crippen LogP contribution in [0.2, 0.25) is 0 Å². The Morgan fingerprint density at radius 1 is 1.38 bits per heavy atom. The number of benzene rings is 1. The van der Waals surface area contributed by atoms with Gasteiger partial charge in [-0.05, 0) is 30.5 Å². The minimum atomic E-state index is -0.310. The van der Waals surface area contributed by atoms with E-state index in [1.54, 1.807) is 25.4 Å². The molecule has 0 bridgehead atoms. The normalized spacial score (nSPS) is 17.1. The van der Waals surface area contributed by atoms with Crippen LogP contribution in [-0.2, 0) is 11.2 Å². The Hall–Kier alpha value is -2.28. The topological polar surface area (TPSA) is 62.3 Å². The lowest BCUT2D eigenvalue weighted by molar-refractivity contribution is -0.131. The van der Waals surface area contributed by atoms with Crippen LogP contribution >= 0.6 is 11.3 Å². The SMILES string of the molecule is CNC(=O)c1cnc([C@@H]2CCCN2C(=O)Cc2ccc(F)cc2)s1. The van der Waals surface area contributed by atoms with E-state index in [0.29, 0.717) is 11.4 Å². The lowest BCUT2D eigenvalue weighted by atomic mass is 10.1. The van der Waals surface area contributed by atoms with E-state index in [1.165, 1.54) is 23.5 Å². The van der Waals surface area contributed by atoms with Crippen LogP contribution < -0.4 is 5.32 Å². The van der Waals surface area contributed by atoms with Gasteiger partial charge in [-0.1, -0.05) is 12.1 Å². The molecule has 1 aliphatic rings. The second-order valence-corrected chi connectivity index (χ2v) is 6.75. The Balaban J connectivity index is 1.72. The summed E-state index contributed by atoms with van der Waals surface area (Å²) in [4.78, 5) is 31.0. The minimum Gasteiger partial charge on any atom is -0.354 e. The molecular weight excluding hydrogens is 329 g/mol. The molecule has 0 saturated carbocycles. The van der Waals surface area contributed by atoms with Gasteiger partial charge in [-0.3, -0.25) is 9.59 Å². The molecule has 0 radical (unpaired) electrons. The highest BCUT2D eigenvalue weighted by Gasteiger charge is 2.32. The Morgan fingerprint density at radius 2 is 2.12 bits per heavy atom. The predicted molar refractivity (Wildman–Crippen MR) is 89.3 cm³/mol. The van der Waals surface area contributed by atoms with E-state index in [1.807, 2.05) is 4.90 Å². The summed E-state index contributed by atoms with van der Waals surface area (Å²) in [6.45, 7) is 0.680. The van der Waals surface area contributed by atoms with E-state index in [2.05, 4.69) is 10.3 Å². The fourth-order valence-electron chi connectivity index (χ4n) is 2.87. The fraction of sp³-hybridized carbons (Fsp3) is 0.353. The molecule has 1 saturated heterocycles. The van der Waals surface area contributed by atoms with Crippen molar-refractivity contribution in [3.63, 3.8) is 0 Å². The summed E-state index contributed by atoms with van der Waals surface area (Å²) in [5, 5.41) is 3.37. The van der Waals surface area contributed by atoms with Crippen molar-refractivity contribution < 1.29 is 14.0 Å². The van der Waals surface area contributed by atoms with Crippen molar-refractivity contribution in [1.29, 1.82) is 0 Å². The molecule has 2 amide bonds. The van der Waals surface area contributed by atoms with Crippen LogP contribution in [0, 0.1) is 5.82 Å². The first-order valence-electron chi connectivity index (χ1n) is 7.80. The summed E-state index contributed by atoms with van der Waals surface area (Å²) in [6, 6.07) is 5.90. The number of halogens is 1. The Morgan fingerprint density at radius 3 is 2.83 bits per heavy atom. The Labute approximate surface area is 143 Å². The van der Waals surface area contributed by atoms with Crippen LogP contribution in [-0.4, -0.2) is 35.3 Å². The molecule has 2 heterocycles. The van der Waals surface area contributed by atoms with Crippen molar-refractivity contribution in [2.45, 2.75) is 25.3 Å². The maximum Gasteiger partial charge on any atom is 0.262 e. The molecule has 1 N–H and O–H groups in total. The number of nitrogens with zero attached hydrogens (tertiary/aromatic N) is 2. The van der Waals surface area contributed by atoms with Crippen molar-refractivity contribution in [2.75, 3.05) is 13.6 Å². The second-order valence-electron chi connectivity index (χ2n) is 5.69. The molecule has 126 valence electrons. The van der Waals surface area contributed by atoms with Gasteiger partial charge in [-0.15, -0.1) is 11.3 Å². The molecule has 0 unspecified atom stereocenters. The molecule has 7 heteroatoms. The predicted octanol–water partition coefficient (Wildman–Crippen LogP) is 2.55. The number of carbonyl (C=O) groups excluding carboxylic acids is 2. The van der Waals surface area contributed by atoms with Gasteiger partial charge in [0.1, 0.15) is 15.7 Å². The van der Waals surface area contributed by atoms with E-state index in [-0.39, 0.29) is 30.1 Å². The molecule has 1 aliphatic heterocycles. The van der Waals surface area contributed by atoms with Crippen LogP contribution in [0.15, 0.2) is 30.5 Å². The monoisotopic (exact) mass is 347 g/mol. The minimum absolute atomic E-state index is 0.000742. The van der Waals surface area contributed by atoms with Gasteiger partial charge in [0.2, 0.25) is 5.91 Å². The number of rotatable bonds is 4. The molecule has 0 aliphatic carbocycles. The van der Waals surface area contributed by atoms with Crippen molar-refractivity contribution in [3.8, 4) is 0 Å². The third-order valence-electron chi connectivity index (χ3n) is 4.10. The zero-order chi connectivity index (χ0) is 17.1. The summed E-state index contributed by atoms with van der Waals surface area (Å²) in [7, 11) is 1.58. The van der Waals surface area contributed by atoms with E-state index in [4.69, 9.17) is 0 Å². The van der Waals surface area contributed by atoms with E-state index in [0.717, 1.165) is 23.4 Å². The molecule has 0 spiro atoms. The third kappa shape index (κ3) is 3.46. The van der Waals surface area contributed by atoms with Crippen molar-refractivity contribution in [2.24, 2.45) is 0 Å². The molecule has 5 nitrogen and oxygen atoms in total. The first-order valence-corrected chi connectivity index (χ1v) is 8.62. The number of hydrogen-bond donors (Lipinski definition) is 1. The molecule has 3 rings (SSSR count). The number of carbonyl (C=O) groups is 2. The van der Waals surface area contributed by atoms with Crippen LogP contribution in [0.25, 0.3) is 0 Å². The average Bonchev–Trinajstić information content (AvgIpc) is 3.24. The summed E-state index contributed by atoms with van der Waals surface area (Å²) in [6.07, 6.45) is 3.55. The number of amides is 2. The third-order valence-corrected chi connectivity index (χ3v) is 5.20. The summed E-state index contributed by atoms with van der Waals surface area (Å²) in [5.74, 6) is -0.475. The van der Waals surface area contributed by atoms with Crippen molar-refractivity contribution in [3.05, 3.63) is 51.7 Å². The second kappa shape index (κ2) is 7.09. The van der Waals surface area contributed by atoms with Gasteiger partial charge in [0, 0.05) is 13.6 Å². The zero-order valence-corrected chi connectivity index (χ0v) is 14.1. The molecular formula is C17H18FN3O2S. The molecule has 1 atom stereocenters. The standard InChI is InChI=1S/C17H18FN3O2S/c1-19-16(23)14-10-20-17(24-14)13-3-2-8-21(13)15(22)9-11-4-6-12(18)7-5-11/h4-7,10,13H,2-3,8-9H2,1H3,(H,19,23)/t13-/m0/s1. The maximum absolute atomic E-state index is 13.0. The van der Waals surface area contributed by atoms with E-state index < -0.39 is 0 Å². The largest absolute Gasteiger partial charge is 0.354 e. The van der Waals surface area contributed by atoms with Gasteiger partial charge in [0.25, 0.3) is 5.91 Å². The first-order chi connectivity index (χ1) is 11.6. The highest BCUT2D eigenvalue weighted by atomic mass is 32.1. The number of thiazole rings is 1. The average molecular weight is 347 g/mol. The number of aromatic nitrogens is 1. The first kappa shape index (κ1) is 16.6. The van der Waals surface area contributed by atoms with Crippen molar-refractivity contribution in [1.82, 2.24) is 15.2 Å². The van der Waals surface area contributed by atoms with Gasteiger partial charge in [0.15, 0.2) is 0 Å². The molecule has 2 aromatic rings. The number of hydrogen-bond acceptors (Lipinski definition) is 4. The van der Waals surface area contributed by atoms with Crippen LogP contribution in [0.4, 0.5) is 4.39 Å². The summed E-state index contributed by atoms with van der Waals surface area (Å²) >= 11 is 1.33. The highest BCUT2D eigenvalue weighted by molar-refractivity contribution is 7.13. The van der Waals surface area contributed by atoms with Gasteiger partial charge in [-0.2, -0.15) is 0 Å². The van der Waals surface area contributed by atoms with Crippen molar-refractivity contribution >= 4 is 23.2 Å². The molecule has 1 fully saturated rings. The molecule has 1 aromatic heterocycles. The van der Waals surface area contributed by atoms with Crippen LogP contribution in [0.1, 0.15) is 39.1 Å². The zero-order valence-electron chi connectivity index (χ0n) is 13.3. The van der Waals surface area contributed by atoms with Gasteiger partial charge >= 0.3 is 0 Å². The van der Waals surface area contributed by atoms with Crippen LogP contribution in [0.3, 0.4) is 0 Å².